The van der Waals surface area contributed by atoms with Crippen molar-refractivity contribution in [2.24, 2.45) is 17.8 Å². The first kappa shape index (κ1) is 21.9. The van der Waals surface area contributed by atoms with Gasteiger partial charge < -0.3 is 0 Å². The molecule has 0 atom stereocenters. The summed E-state index contributed by atoms with van der Waals surface area (Å²) in [6, 6.07) is 0. The third-order valence-electron chi connectivity index (χ3n) is 6.97. The number of halogens is 3. The molecule has 0 unspecified atom stereocenters. The van der Waals surface area contributed by atoms with E-state index in [1.807, 2.05) is 0 Å². The van der Waals surface area contributed by atoms with E-state index in [2.05, 4.69) is 36.0 Å². The SMILES string of the molecule is C/C=C/C1CC[C](/C=C/C2CC[C](C3CCC(OC(F)(F)F)CC3)CC2)CC1. The van der Waals surface area contributed by atoms with E-state index < -0.39 is 12.5 Å². The lowest BCUT2D eigenvalue weighted by Gasteiger charge is -2.37. The fourth-order valence-corrected chi connectivity index (χ4v) is 5.30. The molecule has 28 heavy (non-hydrogen) atoms. The lowest BCUT2D eigenvalue weighted by molar-refractivity contribution is -0.345. The van der Waals surface area contributed by atoms with Crippen molar-refractivity contribution in [3.8, 4) is 0 Å². The number of alkyl halides is 3. The predicted octanol–water partition coefficient (Wildman–Crippen LogP) is 7.74. The second-order valence-corrected chi connectivity index (χ2v) is 8.91. The maximum absolute atomic E-state index is 12.4. The average Bonchev–Trinajstić information content (AvgIpc) is 2.68. The Balaban J connectivity index is 1.34. The molecular weight excluding hydrogens is 361 g/mol. The Morgan fingerprint density at radius 2 is 1.36 bits per heavy atom. The lowest BCUT2D eigenvalue weighted by atomic mass is 9.70. The van der Waals surface area contributed by atoms with Gasteiger partial charge in [0.25, 0.3) is 0 Å². The van der Waals surface area contributed by atoms with Gasteiger partial charge in [0.2, 0.25) is 0 Å². The van der Waals surface area contributed by atoms with E-state index in [9.17, 15) is 13.2 Å². The summed E-state index contributed by atoms with van der Waals surface area (Å²) >= 11 is 0. The first-order valence-electron chi connectivity index (χ1n) is 11.2. The zero-order chi connectivity index (χ0) is 20.0. The molecule has 0 heterocycles. The Morgan fingerprint density at radius 3 is 1.93 bits per heavy atom. The molecule has 3 rings (SSSR count). The van der Waals surface area contributed by atoms with Gasteiger partial charge in [-0.2, -0.15) is 0 Å². The molecule has 0 amide bonds. The van der Waals surface area contributed by atoms with Crippen LogP contribution in [-0.2, 0) is 4.74 Å². The minimum Gasteiger partial charge on any atom is -0.289 e. The fraction of sp³-hybridized carbons (Fsp3) is 0.750. The molecule has 0 saturated heterocycles. The molecule has 0 aromatic rings. The highest BCUT2D eigenvalue weighted by Crippen LogP contribution is 2.43. The van der Waals surface area contributed by atoms with E-state index in [4.69, 9.17) is 0 Å². The Morgan fingerprint density at radius 1 is 0.786 bits per heavy atom. The van der Waals surface area contributed by atoms with E-state index in [-0.39, 0.29) is 0 Å². The predicted molar refractivity (Wildman–Crippen MR) is 107 cm³/mol. The van der Waals surface area contributed by atoms with Gasteiger partial charge in [-0.15, -0.1) is 13.2 Å². The van der Waals surface area contributed by atoms with Gasteiger partial charge in [0, 0.05) is 0 Å². The summed E-state index contributed by atoms with van der Waals surface area (Å²) in [4.78, 5) is 0. The number of hydrogen-bond acceptors (Lipinski definition) is 1. The number of ether oxygens (including phenoxy) is 1. The Bertz CT molecular complexity index is 500. The van der Waals surface area contributed by atoms with Crippen molar-refractivity contribution < 1.29 is 17.9 Å². The molecular formula is C24H35F3O. The van der Waals surface area contributed by atoms with Crippen LogP contribution in [0, 0.1) is 29.6 Å². The summed E-state index contributed by atoms with van der Waals surface area (Å²) in [6.45, 7) is 2.11. The van der Waals surface area contributed by atoms with Gasteiger partial charge in [-0.05, 0) is 114 Å². The zero-order valence-electron chi connectivity index (χ0n) is 17.1. The summed E-state index contributed by atoms with van der Waals surface area (Å²) in [7, 11) is 0. The molecule has 1 nitrogen and oxygen atoms in total. The van der Waals surface area contributed by atoms with Gasteiger partial charge in [-0.1, -0.05) is 24.3 Å². The monoisotopic (exact) mass is 396 g/mol. The third-order valence-corrected chi connectivity index (χ3v) is 6.97. The summed E-state index contributed by atoms with van der Waals surface area (Å²) in [6.07, 6.45) is 16.8. The molecule has 0 N–H and O–H groups in total. The van der Waals surface area contributed by atoms with Crippen LogP contribution in [0.25, 0.3) is 0 Å². The van der Waals surface area contributed by atoms with Crippen molar-refractivity contribution in [1.82, 2.24) is 0 Å². The highest BCUT2D eigenvalue weighted by Gasteiger charge is 2.37. The van der Waals surface area contributed by atoms with Crippen molar-refractivity contribution in [3.63, 3.8) is 0 Å². The van der Waals surface area contributed by atoms with Crippen LogP contribution >= 0.6 is 0 Å². The van der Waals surface area contributed by atoms with E-state index in [1.54, 1.807) is 11.8 Å². The van der Waals surface area contributed by atoms with Gasteiger partial charge in [-0.25, -0.2) is 0 Å². The van der Waals surface area contributed by atoms with Crippen molar-refractivity contribution >= 4 is 0 Å². The molecule has 4 heteroatoms. The molecule has 0 spiro atoms. The molecule has 2 radical (unpaired) electrons. The molecule has 3 aliphatic rings. The summed E-state index contributed by atoms with van der Waals surface area (Å²) in [5.41, 5.74) is 0. The van der Waals surface area contributed by atoms with Crippen LogP contribution in [0.5, 0.6) is 0 Å². The fourth-order valence-electron chi connectivity index (χ4n) is 5.30. The maximum Gasteiger partial charge on any atom is 0.522 e. The first-order valence-corrected chi connectivity index (χ1v) is 11.2. The second-order valence-electron chi connectivity index (χ2n) is 8.91. The van der Waals surface area contributed by atoms with Crippen LogP contribution in [0.4, 0.5) is 13.2 Å². The largest absolute Gasteiger partial charge is 0.522 e. The van der Waals surface area contributed by atoms with Crippen LogP contribution in [-0.4, -0.2) is 12.5 Å². The molecule has 0 bridgehead atoms. The summed E-state index contributed by atoms with van der Waals surface area (Å²) in [5, 5.41) is 0. The Kier molecular flexibility index (Phi) is 8.08. The van der Waals surface area contributed by atoms with Crippen molar-refractivity contribution in [3.05, 3.63) is 36.1 Å². The molecule has 3 aliphatic carbocycles. The first-order chi connectivity index (χ1) is 13.4. The highest BCUT2D eigenvalue weighted by atomic mass is 19.4. The zero-order valence-corrected chi connectivity index (χ0v) is 17.1. The van der Waals surface area contributed by atoms with Gasteiger partial charge in [0.05, 0.1) is 6.10 Å². The van der Waals surface area contributed by atoms with Gasteiger partial charge in [0.15, 0.2) is 0 Å². The number of rotatable bonds is 5. The second kappa shape index (κ2) is 10.3. The van der Waals surface area contributed by atoms with Gasteiger partial charge in [0.1, 0.15) is 0 Å². The van der Waals surface area contributed by atoms with E-state index >= 15 is 0 Å². The van der Waals surface area contributed by atoms with E-state index in [0.29, 0.717) is 24.7 Å². The van der Waals surface area contributed by atoms with E-state index in [0.717, 1.165) is 31.6 Å². The molecule has 158 valence electrons. The normalized spacial score (nSPS) is 30.6. The van der Waals surface area contributed by atoms with Gasteiger partial charge >= 0.3 is 6.36 Å². The average molecular weight is 397 g/mol. The molecule has 0 aromatic carbocycles. The van der Waals surface area contributed by atoms with Crippen LogP contribution in [0.15, 0.2) is 24.3 Å². The standard InChI is InChI=1S/C24H35F3O/c1-2-3-18-4-6-19(7-5-18)8-9-20-10-12-21(13-11-20)22-14-16-23(17-15-22)28-24(25,26)27/h2-3,8-9,18,20,22-23H,4-7,10-17H2,1H3/b3-2+,9-8+. The molecule has 3 fully saturated rings. The van der Waals surface area contributed by atoms with Crippen LogP contribution in [0.3, 0.4) is 0 Å². The van der Waals surface area contributed by atoms with Crippen LogP contribution in [0.2, 0.25) is 0 Å². The smallest absolute Gasteiger partial charge is 0.289 e. The summed E-state index contributed by atoms with van der Waals surface area (Å²) in [5.74, 6) is 5.18. The Hall–Kier alpha value is -0.770. The van der Waals surface area contributed by atoms with Crippen LogP contribution in [0.1, 0.15) is 84.0 Å². The van der Waals surface area contributed by atoms with Gasteiger partial charge in [-0.3, -0.25) is 4.74 Å². The maximum atomic E-state index is 12.4. The number of hydrogen-bond donors (Lipinski definition) is 0. The number of allylic oxidation sites excluding steroid dienone is 4. The van der Waals surface area contributed by atoms with E-state index in [1.165, 1.54) is 38.5 Å². The van der Waals surface area contributed by atoms with Crippen molar-refractivity contribution in [1.29, 1.82) is 0 Å². The summed E-state index contributed by atoms with van der Waals surface area (Å²) < 4.78 is 41.3. The Labute approximate surface area is 168 Å². The van der Waals surface area contributed by atoms with Crippen LogP contribution < -0.4 is 0 Å². The third kappa shape index (κ3) is 6.93. The molecule has 3 saturated carbocycles. The van der Waals surface area contributed by atoms with Crippen molar-refractivity contribution in [2.45, 2.75) is 96.4 Å². The minimum atomic E-state index is -4.49. The molecule has 0 aliphatic heterocycles. The highest BCUT2D eigenvalue weighted by molar-refractivity contribution is 5.15. The quantitative estimate of drug-likeness (QED) is 0.432. The van der Waals surface area contributed by atoms with Crippen molar-refractivity contribution in [2.75, 3.05) is 0 Å². The topological polar surface area (TPSA) is 9.23 Å². The molecule has 0 aromatic heterocycles. The lowest BCUT2D eigenvalue weighted by Crippen LogP contribution is -2.30. The minimum absolute atomic E-state index is 0.522.